The topological polar surface area (TPSA) is 42.0 Å². The van der Waals surface area contributed by atoms with Gasteiger partial charge in [-0.25, -0.2) is 0 Å². The average molecular weight is 269 g/mol. The van der Waals surface area contributed by atoms with Gasteiger partial charge in [-0.2, -0.15) is 0 Å². The van der Waals surface area contributed by atoms with E-state index in [0.717, 1.165) is 18.4 Å². The van der Waals surface area contributed by atoms with E-state index >= 15 is 0 Å². The number of amides is 1. The van der Waals surface area contributed by atoms with Gasteiger partial charge in [-0.15, -0.1) is 12.4 Å². The van der Waals surface area contributed by atoms with Crippen molar-refractivity contribution in [3.05, 3.63) is 30.1 Å². The molecule has 1 amide bonds. The zero-order valence-electron chi connectivity index (χ0n) is 10.6. The zero-order chi connectivity index (χ0) is 11.9. The molecule has 1 saturated carbocycles. The Kier molecular flexibility index (Phi) is 6.73. The molecule has 0 aliphatic heterocycles. The predicted molar refractivity (Wildman–Crippen MR) is 74.5 cm³/mol. The van der Waals surface area contributed by atoms with Gasteiger partial charge in [0.2, 0.25) is 5.91 Å². The fraction of sp³-hybridized carbons (Fsp3) is 0.571. The maximum atomic E-state index is 12.0. The highest BCUT2D eigenvalue weighted by atomic mass is 35.5. The Labute approximate surface area is 115 Å². The molecule has 0 atom stereocenters. The van der Waals surface area contributed by atoms with Crippen LogP contribution in [-0.4, -0.2) is 10.9 Å². The van der Waals surface area contributed by atoms with E-state index in [1.54, 1.807) is 12.4 Å². The summed E-state index contributed by atoms with van der Waals surface area (Å²) in [7, 11) is 0. The molecule has 1 heterocycles. The van der Waals surface area contributed by atoms with E-state index in [0.29, 0.717) is 6.54 Å². The quantitative estimate of drug-likeness (QED) is 0.856. The molecule has 1 aromatic rings. The number of hydrogen-bond acceptors (Lipinski definition) is 2. The van der Waals surface area contributed by atoms with Crippen LogP contribution in [0, 0.1) is 5.92 Å². The third-order valence-corrected chi connectivity index (χ3v) is 3.42. The number of nitrogens with zero attached hydrogens (tertiary/aromatic N) is 1. The third kappa shape index (κ3) is 4.65. The molecule has 1 N–H and O–H groups in total. The van der Waals surface area contributed by atoms with Gasteiger partial charge in [0.1, 0.15) is 0 Å². The minimum Gasteiger partial charge on any atom is -0.352 e. The predicted octanol–water partition coefficient (Wildman–Crippen LogP) is 3.09. The largest absolute Gasteiger partial charge is 0.352 e. The molecule has 0 saturated heterocycles. The SMILES string of the molecule is Cl.O=C(NCc1cccnc1)C1CCCCCC1. The summed E-state index contributed by atoms with van der Waals surface area (Å²) in [5, 5.41) is 3.02. The van der Waals surface area contributed by atoms with Crippen molar-refractivity contribution in [2.24, 2.45) is 5.92 Å². The number of hydrogen-bond donors (Lipinski definition) is 1. The molecule has 2 rings (SSSR count). The van der Waals surface area contributed by atoms with Crippen molar-refractivity contribution in [1.29, 1.82) is 0 Å². The molecule has 0 bridgehead atoms. The summed E-state index contributed by atoms with van der Waals surface area (Å²) in [6, 6.07) is 3.88. The molecule has 0 aromatic carbocycles. The van der Waals surface area contributed by atoms with Crippen LogP contribution >= 0.6 is 12.4 Å². The van der Waals surface area contributed by atoms with Gasteiger partial charge in [-0.05, 0) is 24.5 Å². The summed E-state index contributed by atoms with van der Waals surface area (Å²) in [4.78, 5) is 16.0. The van der Waals surface area contributed by atoms with Crippen molar-refractivity contribution in [2.45, 2.75) is 45.1 Å². The number of halogens is 1. The standard InChI is InChI=1S/C14H20N2O.ClH/c17-14(13-7-3-1-2-4-8-13)16-11-12-6-5-9-15-10-12;/h5-6,9-10,13H,1-4,7-8,11H2,(H,16,17);1H. The second-order valence-electron chi connectivity index (χ2n) is 4.77. The van der Waals surface area contributed by atoms with Crippen LogP contribution in [0.3, 0.4) is 0 Å². The Hall–Kier alpha value is -1.09. The summed E-state index contributed by atoms with van der Waals surface area (Å²) < 4.78 is 0. The molecule has 4 heteroatoms. The summed E-state index contributed by atoms with van der Waals surface area (Å²) in [5.74, 6) is 0.449. The summed E-state index contributed by atoms with van der Waals surface area (Å²) in [6.07, 6.45) is 10.6. The molecule has 0 spiro atoms. The van der Waals surface area contributed by atoms with E-state index in [1.807, 2.05) is 12.1 Å². The van der Waals surface area contributed by atoms with Gasteiger partial charge in [-0.3, -0.25) is 9.78 Å². The van der Waals surface area contributed by atoms with Crippen molar-refractivity contribution in [3.8, 4) is 0 Å². The summed E-state index contributed by atoms with van der Waals surface area (Å²) in [5.41, 5.74) is 1.06. The molecule has 1 fully saturated rings. The van der Waals surface area contributed by atoms with Gasteiger partial charge < -0.3 is 5.32 Å². The fourth-order valence-electron chi connectivity index (χ4n) is 2.38. The second-order valence-corrected chi connectivity index (χ2v) is 4.77. The van der Waals surface area contributed by atoms with Crippen LogP contribution in [0.2, 0.25) is 0 Å². The normalized spacial score (nSPS) is 16.4. The van der Waals surface area contributed by atoms with Crippen LogP contribution in [0.1, 0.15) is 44.1 Å². The Morgan fingerprint density at radius 2 is 2.00 bits per heavy atom. The van der Waals surface area contributed by atoms with Crippen LogP contribution in [0.15, 0.2) is 24.5 Å². The lowest BCUT2D eigenvalue weighted by molar-refractivity contribution is -0.125. The molecule has 1 aliphatic carbocycles. The van der Waals surface area contributed by atoms with Crippen LogP contribution in [0.25, 0.3) is 0 Å². The van der Waals surface area contributed by atoms with Crippen molar-refractivity contribution in [1.82, 2.24) is 10.3 Å². The first-order chi connectivity index (χ1) is 8.36. The Bertz CT molecular complexity index is 348. The maximum Gasteiger partial charge on any atom is 0.223 e. The molecule has 3 nitrogen and oxygen atoms in total. The van der Waals surface area contributed by atoms with E-state index in [-0.39, 0.29) is 24.2 Å². The smallest absolute Gasteiger partial charge is 0.223 e. The first-order valence-corrected chi connectivity index (χ1v) is 6.53. The zero-order valence-corrected chi connectivity index (χ0v) is 11.4. The lowest BCUT2D eigenvalue weighted by Crippen LogP contribution is -2.30. The number of pyridine rings is 1. The highest BCUT2D eigenvalue weighted by Gasteiger charge is 2.19. The van der Waals surface area contributed by atoms with Crippen LogP contribution in [0.5, 0.6) is 0 Å². The molecule has 0 radical (unpaired) electrons. The molecule has 18 heavy (non-hydrogen) atoms. The molecule has 1 aromatic heterocycles. The summed E-state index contributed by atoms with van der Waals surface area (Å²) in [6.45, 7) is 0.600. The number of aromatic nitrogens is 1. The first-order valence-electron chi connectivity index (χ1n) is 6.53. The van der Waals surface area contributed by atoms with Gasteiger partial charge in [0.05, 0.1) is 0 Å². The molecule has 100 valence electrons. The summed E-state index contributed by atoms with van der Waals surface area (Å²) >= 11 is 0. The number of carbonyl (C=O) groups is 1. The van der Waals surface area contributed by atoms with Gasteiger partial charge in [0, 0.05) is 24.9 Å². The minimum absolute atomic E-state index is 0. The van der Waals surface area contributed by atoms with Crippen molar-refractivity contribution >= 4 is 18.3 Å². The first kappa shape index (κ1) is 15.0. The highest BCUT2D eigenvalue weighted by molar-refractivity contribution is 5.85. The lowest BCUT2D eigenvalue weighted by Gasteiger charge is -2.13. The van der Waals surface area contributed by atoms with Gasteiger partial charge in [0.15, 0.2) is 0 Å². The Balaban J connectivity index is 0.00000162. The maximum absolute atomic E-state index is 12.0. The highest BCUT2D eigenvalue weighted by Crippen LogP contribution is 2.22. The molecule has 0 unspecified atom stereocenters. The lowest BCUT2D eigenvalue weighted by atomic mass is 9.99. The molecular formula is C14H21ClN2O. The Morgan fingerprint density at radius 1 is 1.28 bits per heavy atom. The Morgan fingerprint density at radius 3 is 2.61 bits per heavy atom. The molecule has 1 aliphatic rings. The number of carbonyl (C=O) groups excluding carboxylic acids is 1. The monoisotopic (exact) mass is 268 g/mol. The minimum atomic E-state index is 0. The van der Waals surface area contributed by atoms with Crippen LogP contribution in [0.4, 0.5) is 0 Å². The van der Waals surface area contributed by atoms with Gasteiger partial charge in [0.25, 0.3) is 0 Å². The van der Waals surface area contributed by atoms with Crippen molar-refractivity contribution in [2.75, 3.05) is 0 Å². The van der Waals surface area contributed by atoms with Crippen molar-refractivity contribution < 1.29 is 4.79 Å². The van der Waals surface area contributed by atoms with E-state index in [4.69, 9.17) is 0 Å². The van der Waals surface area contributed by atoms with Crippen LogP contribution < -0.4 is 5.32 Å². The van der Waals surface area contributed by atoms with Crippen LogP contribution in [-0.2, 0) is 11.3 Å². The van der Waals surface area contributed by atoms with Gasteiger partial charge >= 0.3 is 0 Å². The number of rotatable bonds is 3. The van der Waals surface area contributed by atoms with E-state index < -0.39 is 0 Å². The second kappa shape index (κ2) is 8.09. The van der Waals surface area contributed by atoms with Crippen molar-refractivity contribution in [3.63, 3.8) is 0 Å². The average Bonchev–Trinajstić information content (AvgIpc) is 2.66. The van der Waals surface area contributed by atoms with E-state index in [9.17, 15) is 4.79 Å². The van der Waals surface area contributed by atoms with E-state index in [2.05, 4.69) is 10.3 Å². The number of nitrogens with one attached hydrogen (secondary N) is 1. The third-order valence-electron chi connectivity index (χ3n) is 3.42. The van der Waals surface area contributed by atoms with E-state index in [1.165, 1.54) is 25.7 Å². The fourth-order valence-corrected chi connectivity index (χ4v) is 2.38. The van der Waals surface area contributed by atoms with Gasteiger partial charge in [-0.1, -0.05) is 31.7 Å². The molecular weight excluding hydrogens is 248 g/mol.